The Labute approximate surface area is 112 Å². The summed E-state index contributed by atoms with van der Waals surface area (Å²) in [6.45, 7) is 0. The van der Waals surface area contributed by atoms with Gasteiger partial charge in [0.25, 0.3) is 0 Å². The predicted octanol–water partition coefficient (Wildman–Crippen LogP) is 2.55. The first-order valence-corrected chi connectivity index (χ1v) is 6.63. The smallest absolute Gasteiger partial charge is 0.228 e. The third kappa shape index (κ3) is 2.06. The van der Waals surface area contributed by atoms with E-state index in [0.29, 0.717) is 28.8 Å². The molecule has 0 bridgehead atoms. The number of hydrogen-bond acceptors (Lipinski definition) is 3. The van der Waals surface area contributed by atoms with Crippen molar-refractivity contribution in [3.05, 3.63) is 23.8 Å². The maximum Gasteiger partial charge on any atom is 0.228 e. The lowest BCUT2D eigenvalue weighted by Crippen LogP contribution is -2.17. The molecule has 0 saturated heterocycles. The first kappa shape index (κ1) is 12.0. The van der Waals surface area contributed by atoms with Crippen molar-refractivity contribution in [1.82, 2.24) is 0 Å². The summed E-state index contributed by atoms with van der Waals surface area (Å²) < 4.78 is 5.22. The Morgan fingerprint density at radius 3 is 2.79 bits per heavy atom. The molecule has 98 valence electrons. The fourth-order valence-corrected chi connectivity index (χ4v) is 3.29. The quantitative estimate of drug-likeness (QED) is 0.904. The maximum absolute atomic E-state index is 12.2. The molecule has 19 heavy (non-hydrogen) atoms. The lowest BCUT2D eigenvalue weighted by atomic mass is 10.1. The molecule has 2 saturated carbocycles. The zero-order chi connectivity index (χ0) is 13.4. The van der Waals surface area contributed by atoms with Crippen molar-refractivity contribution in [2.75, 3.05) is 12.4 Å². The van der Waals surface area contributed by atoms with E-state index in [-0.39, 0.29) is 11.8 Å². The Bertz CT molecular complexity index is 552. The molecule has 0 radical (unpaired) electrons. The highest BCUT2D eigenvalue weighted by atomic mass is 16.5. The first-order chi connectivity index (χ1) is 9.24. The highest BCUT2D eigenvalue weighted by molar-refractivity contribution is 5.96. The van der Waals surface area contributed by atoms with Gasteiger partial charge in [-0.25, -0.2) is 0 Å². The second-order valence-corrected chi connectivity index (χ2v) is 5.30. The third-order valence-electron chi connectivity index (χ3n) is 4.30. The largest absolute Gasteiger partial charge is 0.495 e. The molecule has 4 heteroatoms. The molecule has 0 aliphatic heterocycles. The van der Waals surface area contributed by atoms with Crippen LogP contribution in [0.25, 0.3) is 0 Å². The van der Waals surface area contributed by atoms with Gasteiger partial charge in [0.15, 0.2) is 0 Å². The van der Waals surface area contributed by atoms with E-state index in [0.717, 1.165) is 0 Å². The molecule has 3 rings (SSSR count). The highest BCUT2D eigenvalue weighted by Crippen LogP contribution is 2.57. The number of carbonyl (C=O) groups excluding carboxylic acids is 1. The highest BCUT2D eigenvalue weighted by Gasteiger charge is 2.56. The van der Waals surface area contributed by atoms with Crippen molar-refractivity contribution in [1.29, 1.82) is 5.26 Å². The number of methoxy groups -OCH3 is 1. The number of carbonyl (C=O) groups is 1. The molecule has 2 aliphatic carbocycles. The van der Waals surface area contributed by atoms with E-state index in [1.807, 2.05) is 0 Å². The Hall–Kier alpha value is -2.02. The van der Waals surface area contributed by atoms with Crippen molar-refractivity contribution in [3.8, 4) is 11.8 Å². The van der Waals surface area contributed by atoms with Gasteiger partial charge in [0.2, 0.25) is 5.91 Å². The maximum atomic E-state index is 12.2. The van der Waals surface area contributed by atoms with Crippen LogP contribution in [0.3, 0.4) is 0 Å². The van der Waals surface area contributed by atoms with Crippen LogP contribution in [0.15, 0.2) is 18.2 Å². The van der Waals surface area contributed by atoms with Gasteiger partial charge in [-0.1, -0.05) is 6.42 Å². The summed E-state index contributed by atoms with van der Waals surface area (Å²) in [4.78, 5) is 12.2. The monoisotopic (exact) mass is 256 g/mol. The number of ether oxygens (including phenoxy) is 1. The van der Waals surface area contributed by atoms with Gasteiger partial charge in [0.1, 0.15) is 5.75 Å². The zero-order valence-corrected chi connectivity index (χ0v) is 10.8. The molecule has 2 atom stereocenters. The number of nitrogens with one attached hydrogen (secondary N) is 1. The Kier molecular flexibility index (Phi) is 2.90. The van der Waals surface area contributed by atoms with Crippen LogP contribution < -0.4 is 10.1 Å². The summed E-state index contributed by atoms with van der Waals surface area (Å²) in [5.41, 5.74) is 1.18. The van der Waals surface area contributed by atoms with Gasteiger partial charge < -0.3 is 10.1 Å². The normalized spacial score (nSPS) is 27.3. The average Bonchev–Trinajstić information content (AvgIpc) is 2.93. The molecule has 0 spiro atoms. The van der Waals surface area contributed by atoms with Gasteiger partial charge >= 0.3 is 0 Å². The molecule has 4 nitrogen and oxygen atoms in total. The summed E-state index contributed by atoms with van der Waals surface area (Å²) in [7, 11) is 1.54. The molecule has 0 aromatic heterocycles. The standard InChI is InChI=1S/C15H16N2O2/c1-19-13-7-9(8-16)5-6-12(13)17-15(18)14-10-3-2-4-11(10)14/h5-7,10-11,14H,2-4H2,1H3,(H,17,18). The van der Waals surface area contributed by atoms with E-state index in [1.165, 1.54) is 26.4 Å². The lowest BCUT2D eigenvalue weighted by molar-refractivity contribution is -0.118. The van der Waals surface area contributed by atoms with E-state index < -0.39 is 0 Å². The van der Waals surface area contributed by atoms with Crippen molar-refractivity contribution >= 4 is 11.6 Å². The van der Waals surface area contributed by atoms with Crippen LogP contribution in [0.2, 0.25) is 0 Å². The summed E-state index contributed by atoms with van der Waals surface area (Å²) in [5, 5.41) is 11.8. The number of benzene rings is 1. The van der Waals surface area contributed by atoms with E-state index in [9.17, 15) is 4.79 Å². The minimum Gasteiger partial charge on any atom is -0.495 e. The van der Waals surface area contributed by atoms with Crippen molar-refractivity contribution in [2.45, 2.75) is 19.3 Å². The Balaban J connectivity index is 1.73. The van der Waals surface area contributed by atoms with Crippen molar-refractivity contribution in [3.63, 3.8) is 0 Å². The molecule has 1 N–H and O–H groups in total. The van der Waals surface area contributed by atoms with Gasteiger partial charge in [0.05, 0.1) is 24.4 Å². The molecular formula is C15H16N2O2. The number of nitrogens with zero attached hydrogens (tertiary/aromatic N) is 1. The van der Waals surface area contributed by atoms with Crippen LogP contribution in [0, 0.1) is 29.1 Å². The number of rotatable bonds is 3. The van der Waals surface area contributed by atoms with Crippen LogP contribution >= 0.6 is 0 Å². The van der Waals surface area contributed by atoms with Gasteiger partial charge in [-0.3, -0.25) is 4.79 Å². The molecule has 0 heterocycles. The second-order valence-electron chi connectivity index (χ2n) is 5.30. The van der Waals surface area contributed by atoms with Crippen molar-refractivity contribution in [2.24, 2.45) is 17.8 Å². The fraction of sp³-hybridized carbons (Fsp3) is 0.467. The summed E-state index contributed by atoms with van der Waals surface area (Å²) in [5.74, 6) is 2.03. The van der Waals surface area contributed by atoms with Crippen LogP contribution in [-0.2, 0) is 4.79 Å². The Morgan fingerprint density at radius 1 is 1.42 bits per heavy atom. The number of fused-ring (bicyclic) bond motifs is 1. The van der Waals surface area contributed by atoms with Crippen LogP contribution in [-0.4, -0.2) is 13.0 Å². The third-order valence-corrected chi connectivity index (χ3v) is 4.30. The van der Waals surface area contributed by atoms with E-state index in [4.69, 9.17) is 10.00 Å². The molecule has 1 aromatic carbocycles. The van der Waals surface area contributed by atoms with E-state index in [2.05, 4.69) is 11.4 Å². The van der Waals surface area contributed by atoms with Gasteiger partial charge in [-0.15, -0.1) is 0 Å². The van der Waals surface area contributed by atoms with Crippen LogP contribution in [0.4, 0.5) is 5.69 Å². The van der Waals surface area contributed by atoms with Crippen LogP contribution in [0.1, 0.15) is 24.8 Å². The molecule has 1 aromatic rings. The van der Waals surface area contributed by atoms with E-state index in [1.54, 1.807) is 18.2 Å². The molecule has 2 unspecified atom stereocenters. The summed E-state index contributed by atoms with van der Waals surface area (Å²) in [6, 6.07) is 7.12. The van der Waals surface area contributed by atoms with Gasteiger partial charge in [-0.2, -0.15) is 5.26 Å². The first-order valence-electron chi connectivity index (χ1n) is 6.63. The summed E-state index contributed by atoms with van der Waals surface area (Å²) >= 11 is 0. The molecular weight excluding hydrogens is 240 g/mol. The fourth-order valence-electron chi connectivity index (χ4n) is 3.29. The number of nitriles is 1. The van der Waals surface area contributed by atoms with Gasteiger partial charge in [-0.05, 0) is 36.8 Å². The Morgan fingerprint density at radius 2 is 2.16 bits per heavy atom. The zero-order valence-electron chi connectivity index (χ0n) is 10.8. The van der Waals surface area contributed by atoms with E-state index >= 15 is 0 Å². The minimum atomic E-state index is 0.0951. The second kappa shape index (κ2) is 4.58. The SMILES string of the molecule is COc1cc(C#N)ccc1NC(=O)C1C2CCCC21. The topological polar surface area (TPSA) is 62.1 Å². The number of anilines is 1. The lowest BCUT2D eigenvalue weighted by Gasteiger charge is -2.11. The molecule has 1 amide bonds. The van der Waals surface area contributed by atoms with Crippen LogP contribution in [0.5, 0.6) is 5.75 Å². The van der Waals surface area contributed by atoms with Gasteiger partial charge in [0, 0.05) is 12.0 Å². The molecule has 2 aliphatic rings. The number of amides is 1. The number of hydrogen-bond donors (Lipinski definition) is 1. The molecule has 2 fully saturated rings. The summed E-state index contributed by atoms with van der Waals surface area (Å²) in [6.07, 6.45) is 3.64. The predicted molar refractivity (Wildman–Crippen MR) is 70.7 cm³/mol. The average molecular weight is 256 g/mol. The van der Waals surface area contributed by atoms with Crippen molar-refractivity contribution < 1.29 is 9.53 Å². The minimum absolute atomic E-state index is 0.0951.